The van der Waals surface area contributed by atoms with Crippen LogP contribution < -0.4 is 10.3 Å². The van der Waals surface area contributed by atoms with Gasteiger partial charge in [-0.3, -0.25) is 9.36 Å². The summed E-state index contributed by atoms with van der Waals surface area (Å²) in [5, 5.41) is 1.19. The van der Waals surface area contributed by atoms with Gasteiger partial charge in [0.1, 0.15) is 17.2 Å². The van der Waals surface area contributed by atoms with Gasteiger partial charge in [-0.05, 0) is 23.8 Å². The second kappa shape index (κ2) is 7.32. The minimum atomic E-state index is -0.0591. The van der Waals surface area contributed by atoms with E-state index in [-0.39, 0.29) is 5.56 Å². The smallest absolute Gasteiger partial charge is 0.262 e. The number of aromatic nitrogens is 2. The molecular formula is C20H15ClN2O2S. The van der Waals surface area contributed by atoms with Crippen molar-refractivity contribution in [1.82, 2.24) is 9.55 Å². The molecule has 0 bridgehead atoms. The molecule has 0 fully saturated rings. The molecule has 0 saturated heterocycles. The first kappa shape index (κ1) is 16.8. The molecule has 0 amide bonds. The molecule has 0 aliphatic rings. The summed E-state index contributed by atoms with van der Waals surface area (Å²) >= 11 is 7.59. The van der Waals surface area contributed by atoms with Crippen LogP contribution >= 0.6 is 22.9 Å². The quantitative estimate of drug-likeness (QED) is 0.495. The lowest BCUT2D eigenvalue weighted by atomic mass is 10.2. The summed E-state index contributed by atoms with van der Waals surface area (Å²) in [7, 11) is 0. The Morgan fingerprint density at radius 1 is 1.08 bits per heavy atom. The first-order valence-corrected chi connectivity index (χ1v) is 9.33. The number of nitrogens with zero attached hydrogens (tertiary/aromatic N) is 2. The van der Waals surface area contributed by atoms with E-state index in [4.69, 9.17) is 16.3 Å². The monoisotopic (exact) mass is 382 g/mol. The number of halogens is 1. The fourth-order valence-electron chi connectivity index (χ4n) is 2.68. The van der Waals surface area contributed by atoms with Crippen molar-refractivity contribution in [3.8, 4) is 16.2 Å². The van der Waals surface area contributed by atoms with Crippen LogP contribution in [0.1, 0.15) is 0 Å². The SMILES string of the molecule is O=c1c2cc(-c3ccccc3)sc2ncn1CCOc1ccccc1Cl. The Morgan fingerprint density at radius 3 is 2.65 bits per heavy atom. The summed E-state index contributed by atoms with van der Waals surface area (Å²) in [6.07, 6.45) is 1.58. The van der Waals surface area contributed by atoms with E-state index in [2.05, 4.69) is 4.98 Å². The average Bonchev–Trinajstić information content (AvgIpc) is 3.11. The summed E-state index contributed by atoms with van der Waals surface area (Å²) in [6.45, 7) is 0.746. The molecule has 0 saturated carbocycles. The predicted molar refractivity (Wildman–Crippen MR) is 106 cm³/mol. The lowest BCUT2D eigenvalue weighted by Gasteiger charge is -2.09. The van der Waals surface area contributed by atoms with E-state index in [1.165, 1.54) is 11.3 Å². The van der Waals surface area contributed by atoms with Crippen LogP contribution in [0, 0.1) is 0 Å². The molecule has 0 spiro atoms. The van der Waals surface area contributed by atoms with Crippen molar-refractivity contribution in [3.05, 3.63) is 82.4 Å². The van der Waals surface area contributed by atoms with Gasteiger partial charge in [0.15, 0.2) is 0 Å². The zero-order valence-corrected chi connectivity index (χ0v) is 15.3. The lowest BCUT2D eigenvalue weighted by molar-refractivity contribution is 0.296. The molecule has 26 heavy (non-hydrogen) atoms. The summed E-state index contributed by atoms with van der Waals surface area (Å²) in [6, 6.07) is 19.2. The highest BCUT2D eigenvalue weighted by Gasteiger charge is 2.10. The third kappa shape index (κ3) is 3.36. The molecule has 130 valence electrons. The van der Waals surface area contributed by atoms with Gasteiger partial charge in [0.05, 0.1) is 23.3 Å². The third-order valence-electron chi connectivity index (χ3n) is 4.00. The highest BCUT2D eigenvalue weighted by atomic mass is 35.5. The van der Waals surface area contributed by atoms with Gasteiger partial charge in [-0.25, -0.2) is 4.98 Å². The number of thiophene rings is 1. The molecule has 0 radical (unpaired) electrons. The molecule has 0 aliphatic carbocycles. The molecule has 0 aliphatic heterocycles. The van der Waals surface area contributed by atoms with Crippen LogP contribution in [0.4, 0.5) is 0 Å². The van der Waals surface area contributed by atoms with E-state index in [9.17, 15) is 4.79 Å². The van der Waals surface area contributed by atoms with Crippen molar-refractivity contribution in [2.24, 2.45) is 0 Å². The van der Waals surface area contributed by atoms with Gasteiger partial charge in [0, 0.05) is 4.88 Å². The fourth-order valence-corrected chi connectivity index (χ4v) is 3.86. The van der Waals surface area contributed by atoms with Crippen LogP contribution in [0.15, 0.2) is 71.8 Å². The highest BCUT2D eigenvalue weighted by Crippen LogP contribution is 2.30. The maximum Gasteiger partial charge on any atom is 0.262 e. The average molecular weight is 383 g/mol. The standard InChI is InChI=1S/C20H15ClN2O2S/c21-16-8-4-5-9-17(16)25-11-10-23-13-22-19-15(20(23)24)12-18(26-19)14-6-2-1-3-7-14/h1-9,12-13H,10-11H2. The van der Waals surface area contributed by atoms with Gasteiger partial charge in [-0.2, -0.15) is 0 Å². The van der Waals surface area contributed by atoms with Crippen LogP contribution in [-0.4, -0.2) is 16.2 Å². The lowest BCUT2D eigenvalue weighted by Crippen LogP contribution is -2.23. The summed E-state index contributed by atoms with van der Waals surface area (Å²) in [5.41, 5.74) is 1.03. The summed E-state index contributed by atoms with van der Waals surface area (Å²) in [5.74, 6) is 0.609. The van der Waals surface area contributed by atoms with Gasteiger partial charge in [-0.15, -0.1) is 11.3 Å². The van der Waals surface area contributed by atoms with Gasteiger partial charge >= 0.3 is 0 Å². The molecule has 0 unspecified atom stereocenters. The topological polar surface area (TPSA) is 44.1 Å². The molecule has 0 atom stereocenters. The summed E-state index contributed by atoms with van der Waals surface area (Å²) in [4.78, 5) is 18.9. The normalized spacial score (nSPS) is 11.0. The van der Waals surface area contributed by atoms with Crippen LogP contribution in [0.25, 0.3) is 20.7 Å². The Kier molecular flexibility index (Phi) is 4.73. The Balaban J connectivity index is 1.56. The molecule has 2 aromatic carbocycles. The van der Waals surface area contributed by atoms with E-state index in [0.717, 1.165) is 15.3 Å². The molecule has 6 heteroatoms. The maximum atomic E-state index is 12.7. The number of para-hydroxylation sites is 1. The number of fused-ring (bicyclic) bond motifs is 1. The molecule has 2 heterocycles. The number of benzene rings is 2. The first-order chi connectivity index (χ1) is 12.7. The van der Waals surface area contributed by atoms with Gasteiger partial charge in [0.2, 0.25) is 0 Å². The maximum absolute atomic E-state index is 12.7. The Bertz CT molecular complexity index is 1110. The predicted octanol–water partition coefficient (Wildman–Crippen LogP) is 4.86. The van der Waals surface area contributed by atoms with Crippen LogP contribution in [0.5, 0.6) is 5.75 Å². The number of hydrogen-bond acceptors (Lipinski definition) is 4. The molecule has 2 aromatic heterocycles. The van der Waals surface area contributed by atoms with Gasteiger partial charge in [0.25, 0.3) is 5.56 Å². The molecule has 4 aromatic rings. The van der Waals surface area contributed by atoms with Gasteiger partial charge in [-0.1, -0.05) is 54.1 Å². The van der Waals surface area contributed by atoms with E-state index < -0.39 is 0 Å². The first-order valence-electron chi connectivity index (χ1n) is 8.14. The van der Waals surface area contributed by atoms with E-state index in [1.807, 2.05) is 48.5 Å². The molecule has 0 N–H and O–H groups in total. The zero-order chi connectivity index (χ0) is 17.9. The Labute approximate surface area is 159 Å². The van der Waals surface area contributed by atoms with Crippen molar-refractivity contribution in [1.29, 1.82) is 0 Å². The second-order valence-electron chi connectivity index (χ2n) is 5.72. The Morgan fingerprint density at radius 2 is 1.85 bits per heavy atom. The van der Waals surface area contributed by atoms with E-state index >= 15 is 0 Å². The van der Waals surface area contributed by atoms with E-state index in [1.54, 1.807) is 23.0 Å². The van der Waals surface area contributed by atoms with E-state index in [0.29, 0.717) is 29.3 Å². The Hall–Kier alpha value is -2.63. The molecular weight excluding hydrogens is 368 g/mol. The van der Waals surface area contributed by atoms with Crippen LogP contribution in [0.3, 0.4) is 0 Å². The minimum Gasteiger partial charge on any atom is -0.490 e. The van der Waals surface area contributed by atoms with Gasteiger partial charge < -0.3 is 4.74 Å². The molecule has 4 nitrogen and oxygen atoms in total. The minimum absolute atomic E-state index is 0.0591. The van der Waals surface area contributed by atoms with Crippen molar-refractivity contribution in [3.63, 3.8) is 0 Å². The van der Waals surface area contributed by atoms with Crippen LogP contribution in [0.2, 0.25) is 5.02 Å². The zero-order valence-electron chi connectivity index (χ0n) is 13.8. The van der Waals surface area contributed by atoms with Crippen molar-refractivity contribution < 1.29 is 4.74 Å². The highest BCUT2D eigenvalue weighted by molar-refractivity contribution is 7.21. The summed E-state index contributed by atoms with van der Waals surface area (Å²) < 4.78 is 7.24. The molecule has 4 rings (SSSR count). The number of ether oxygens (including phenoxy) is 1. The van der Waals surface area contributed by atoms with Crippen LogP contribution in [-0.2, 0) is 6.54 Å². The number of hydrogen-bond donors (Lipinski definition) is 0. The third-order valence-corrected chi connectivity index (χ3v) is 5.41. The number of rotatable bonds is 5. The van der Waals surface area contributed by atoms with Crippen molar-refractivity contribution in [2.45, 2.75) is 6.54 Å². The fraction of sp³-hybridized carbons (Fsp3) is 0.100. The van der Waals surface area contributed by atoms with Crippen molar-refractivity contribution >= 4 is 33.2 Å². The largest absolute Gasteiger partial charge is 0.490 e. The van der Waals surface area contributed by atoms with Crippen molar-refractivity contribution in [2.75, 3.05) is 6.61 Å². The second-order valence-corrected chi connectivity index (χ2v) is 7.16.